The average molecular weight is 223 g/mol. The number of hydrogen-bond donors (Lipinski definition) is 0. The van der Waals surface area contributed by atoms with Crippen LogP contribution in [0.1, 0.15) is 45.4 Å². The Morgan fingerprint density at radius 2 is 1.75 bits per heavy atom. The van der Waals surface area contributed by atoms with E-state index in [1.807, 2.05) is 0 Å². The highest BCUT2D eigenvalue weighted by molar-refractivity contribution is 6.37. The second kappa shape index (κ2) is 4.98. The summed E-state index contributed by atoms with van der Waals surface area (Å²) in [5, 5.41) is 0. The quantitative estimate of drug-likeness (QED) is 0.686. The predicted molar refractivity (Wildman–Crippen MR) is 61.9 cm³/mol. The Morgan fingerprint density at radius 3 is 2.25 bits per heavy atom. The van der Waals surface area contributed by atoms with Crippen LogP contribution in [-0.4, -0.2) is 29.7 Å². The number of Topliss-reactive ketones (excluding diaryl/α,β-unsaturated/α-hetero) is 1. The van der Waals surface area contributed by atoms with E-state index >= 15 is 0 Å². The lowest BCUT2D eigenvalue weighted by atomic mass is 9.81. The van der Waals surface area contributed by atoms with Gasteiger partial charge in [0.2, 0.25) is 5.78 Å². The molecule has 16 heavy (non-hydrogen) atoms. The van der Waals surface area contributed by atoms with E-state index in [1.165, 1.54) is 32.1 Å². The van der Waals surface area contributed by atoms with Crippen LogP contribution >= 0.6 is 0 Å². The molecule has 0 radical (unpaired) electrons. The molecule has 1 amide bonds. The fraction of sp³-hybridized carbons (Fsp3) is 0.846. The summed E-state index contributed by atoms with van der Waals surface area (Å²) in [5.41, 5.74) is 0. The van der Waals surface area contributed by atoms with Crippen molar-refractivity contribution in [3.05, 3.63) is 0 Å². The second-order valence-corrected chi connectivity index (χ2v) is 5.22. The molecule has 0 aromatic rings. The summed E-state index contributed by atoms with van der Waals surface area (Å²) in [6.07, 6.45) is 6.79. The molecule has 0 aromatic heterocycles. The number of carbonyl (C=O) groups excluding carboxylic acids is 2. The highest BCUT2D eigenvalue weighted by Gasteiger charge is 2.31. The molecule has 1 saturated heterocycles. The van der Waals surface area contributed by atoms with E-state index < -0.39 is 0 Å². The van der Waals surface area contributed by atoms with E-state index in [0.29, 0.717) is 18.9 Å². The van der Waals surface area contributed by atoms with Gasteiger partial charge < -0.3 is 4.90 Å². The molecule has 1 saturated carbocycles. The highest BCUT2D eigenvalue weighted by atomic mass is 16.2. The number of nitrogens with zero attached hydrogens (tertiary/aromatic N) is 1. The van der Waals surface area contributed by atoms with Gasteiger partial charge in [-0.2, -0.15) is 0 Å². The van der Waals surface area contributed by atoms with Gasteiger partial charge >= 0.3 is 0 Å². The molecule has 0 atom stereocenters. The Kier molecular flexibility index (Phi) is 3.62. The molecule has 0 bridgehead atoms. The van der Waals surface area contributed by atoms with Crippen molar-refractivity contribution in [2.75, 3.05) is 13.1 Å². The van der Waals surface area contributed by atoms with E-state index in [0.717, 1.165) is 12.5 Å². The molecule has 1 aliphatic carbocycles. The summed E-state index contributed by atoms with van der Waals surface area (Å²) in [6.45, 7) is 3.74. The third kappa shape index (κ3) is 2.45. The zero-order chi connectivity index (χ0) is 11.5. The van der Waals surface area contributed by atoms with E-state index in [4.69, 9.17) is 0 Å². The molecule has 2 fully saturated rings. The minimum atomic E-state index is -0.238. The average Bonchev–Trinajstić information content (AvgIpc) is 2.62. The van der Waals surface area contributed by atoms with Crippen molar-refractivity contribution < 1.29 is 9.59 Å². The van der Waals surface area contributed by atoms with Crippen LogP contribution in [0.25, 0.3) is 0 Å². The Bertz CT molecular complexity index is 280. The zero-order valence-corrected chi connectivity index (χ0v) is 10.1. The summed E-state index contributed by atoms with van der Waals surface area (Å²) in [5.74, 6) is 1.10. The molecule has 1 aliphatic heterocycles. The van der Waals surface area contributed by atoms with Crippen molar-refractivity contribution in [1.82, 2.24) is 4.90 Å². The molecule has 1 heterocycles. The van der Waals surface area contributed by atoms with Gasteiger partial charge in [-0.15, -0.1) is 0 Å². The van der Waals surface area contributed by atoms with E-state index in [2.05, 4.69) is 6.92 Å². The van der Waals surface area contributed by atoms with Crippen molar-refractivity contribution in [2.45, 2.75) is 45.4 Å². The monoisotopic (exact) mass is 223 g/mol. The highest BCUT2D eigenvalue weighted by Crippen LogP contribution is 2.31. The van der Waals surface area contributed by atoms with Gasteiger partial charge in [-0.3, -0.25) is 9.59 Å². The normalized spacial score (nSPS) is 31.2. The summed E-state index contributed by atoms with van der Waals surface area (Å²) < 4.78 is 0. The van der Waals surface area contributed by atoms with Gasteiger partial charge in [0.25, 0.3) is 5.91 Å². The summed E-state index contributed by atoms with van der Waals surface area (Å²) >= 11 is 0. The Labute approximate surface area is 97.2 Å². The number of carbonyl (C=O) groups is 2. The first kappa shape index (κ1) is 11.6. The third-order valence-corrected chi connectivity index (χ3v) is 4.16. The van der Waals surface area contributed by atoms with E-state index in [1.54, 1.807) is 4.90 Å². The van der Waals surface area contributed by atoms with Crippen LogP contribution in [0.5, 0.6) is 0 Å². The third-order valence-electron chi connectivity index (χ3n) is 4.16. The van der Waals surface area contributed by atoms with Crippen LogP contribution in [0.15, 0.2) is 0 Å². The van der Waals surface area contributed by atoms with Gasteiger partial charge in [-0.05, 0) is 24.7 Å². The maximum Gasteiger partial charge on any atom is 0.290 e. The van der Waals surface area contributed by atoms with Crippen molar-refractivity contribution >= 4 is 11.7 Å². The molecule has 3 heteroatoms. The van der Waals surface area contributed by atoms with Gasteiger partial charge in [0.1, 0.15) is 0 Å². The molecular formula is C13H21NO2. The van der Waals surface area contributed by atoms with Gasteiger partial charge in [0.05, 0.1) is 0 Å². The predicted octanol–water partition coefficient (Wildman–Crippen LogP) is 2.00. The molecule has 0 unspecified atom stereocenters. The Morgan fingerprint density at radius 1 is 1.12 bits per heavy atom. The Balaban J connectivity index is 1.79. The molecule has 90 valence electrons. The molecular weight excluding hydrogens is 202 g/mol. The smallest absolute Gasteiger partial charge is 0.290 e. The van der Waals surface area contributed by atoms with Crippen molar-refractivity contribution in [2.24, 2.45) is 11.8 Å². The standard InChI is InChI=1S/C13H21NO2/c1-2-10-3-5-11(6-4-10)9-14-8-7-12(15)13(14)16/h10-11H,2-9H2,1H3. The summed E-state index contributed by atoms with van der Waals surface area (Å²) in [6, 6.07) is 0. The lowest BCUT2D eigenvalue weighted by molar-refractivity contribution is -0.140. The van der Waals surface area contributed by atoms with Crippen LogP contribution in [-0.2, 0) is 9.59 Å². The SMILES string of the molecule is CCC1CCC(CN2CCC(=O)C2=O)CC1. The topological polar surface area (TPSA) is 37.4 Å². The van der Waals surface area contributed by atoms with Crippen LogP contribution in [0.2, 0.25) is 0 Å². The number of amides is 1. The van der Waals surface area contributed by atoms with Crippen LogP contribution < -0.4 is 0 Å². The number of rotatable bonds is 3. The van der Waals surface area contributed by atoms with Gasteiger partial charge in [-0.1, -0.05) is 26.2 Å². The second-order valence-electron chi connectivity index (χ2n) is 5.22. The largest absolute Gasteiger partial charge is 0.335 e. The van der Waals surface area contributed by atoms with Crippen LogP contribution in [0.3, 0.4) is 0 Å². The van der Waals surface area contributed by atoms with E-state index in [-0.39, 0.29) is 11.7 Å². The van der Waals surface area contributed by atoms with Gasteiger partial charge in [0, 0.05) is 19.5 Å². The maximum atomic E-state index is 11.5. The molecule has 0 N–H and O–H groups in total. The number of hydrogen-bond acceptors (Lipinski definition) is 2. The molecule has 3 nitrogen and oxygen atoms in total. The zero-order valence-electron chi connectivity index (χ0n) is 10.1. The first-order valence-corrected chi connectivity index (χ1v) is 6.52. The lowest BCUT2D eigenvalue weighted by Crippen LogP contribution is -2.34. The number of likely N-dealkylation sites (tertiary alicyclic amines) is 1. The Hall–Kier alpha value is -0.860. The summed E-state index contributed by atoms with van der Waals surface area (Å²) in [4.78, 5) is 24.4. The van der Waals surface area contributed by atoms with Crippen molar-refractivity contribution in [1.29, 1.82) is 0 Å². The first-order valence-electron chi connectivity index (χ1n) is 6.52. The van der Waals surface area contributed by atoms with Gasteiger partial charge in [-0.25, -0.2) is 0 Å². The minimum absolute atomic E-state index is 0.192. The fourth-order valence-electron chi connectivity index (χ4n) is 2.93. The van der Waals surface area contributed by atoms with Crippen LogP contribution in [0, 0.1) is 11.8 Å². The van der Waals surface area contributed by atoms with E-state index in [9.17, 15) is 9.59 Å². The maximum absolute atomic E-state index is 11.5. The van der Waals surface area contributed by atoms with Crippen molar-refractivity contribution in [3.8, 4) is 0 Å². The van der Waals surface area contributed by atoms with Crippen LogP contribution in [0.4, 0.5) is 0 Å². The molecule has 0 aromatic carbocycles. The lowest BCUT2D eigenvalue weighted by Gasteiger charge is -2.30. The van der Waals surface area contributed by atoms with Crippen molar-refractivity contribution in [3.63, 3.8) is 0 Å². The van der Waals surface area contributed by atoms with Gasteiger partial charge in [0.15, 0.2) is 0 Å². The molecule has 0 spiro atoms. The molecule has 2 aliphatic rings. The number of ketones is 1. The molecule has 2 rings (SSSR count). The summed E-state index contributed by atoms with van der Waals surface area (Å²) in [7, 11) is 0. The minimum Gasteiger partial charge on any atom is -0.335 e. The first-order chi connectivity index (χ1) is 7.70. The fourth-order valence-corrected chi connectivity index (χ4v) is 2.93.